The first kappa shape index (κ1) is 12.1. The minimum atomic E-state index is 0.243. The molecule has 0 bridgehead atoms. The molecule has 0 saturated carbocycles. The summed E-state index contributed by atoms with van der Waals surface area (Å²) in [6.07, 6.45) is 2.02. The lowest BCUT2D eigenvalue weighted by Crippen LogP contribution is -2.45. The number of piperidine rings is 1. The highest BCUT2D eigenvalue weighted by molar-refractivity contribution is 5.15. The number of hydrogen-bond acceptors (Lipinski definition) is 2. The van der Waals surface area contributed by atoms with Gasteiger partial charge in [0.05, 0.1) is 6.07 Å². The zero-order valence-corrected chi connectivity index (χ0v) is 10.6. The summed E-state index contributed by atoms with van der Waals surface area (Å²) in [5, 5.41) is 9.03. The van der Waals surface area contributed by atoms with E-state index >= 15 is 0 Å². The van der Waals surface area contributed by atoms with Crippen molar-refractivity contribution in [3.63, 3.8) is 0 Å². The quantitative estimate of drug-likeness (QED) is 0.777. The minimum Gasteiger partial charge on any atom is -0.294 e. The average molecular weight is 228 g/mol. The van der Waals surface area contributed by atoms with E-state index in [1.54, 1.807) is 0 Å². The number of nitriles is 1. The molecule has 1 aromatic rings. The molecule has 1 fully saturated rings. The third kappa shape index (κ3) is 2.87. The molecule has 90 valence electrons. The van der Waals surface area contributed by atoms with Gasteiger partial charge in [0.25, 0.3) is 0 Å². The van der Waals surface area contributed by atoms with Crippen molar-refractivity contribution in [3.05, 3.63) is 35.9 Å². The lowest BCUT2D eigenvalue weighted by molar-refractivity contribution is 0.0774. The van der Waals surface area contributed by atoms with E-state index < -0.39 is 0 Å². The Kier molecular flexibility index (Phi) is 3.81. The second kappa shape index (κ2) is 5.33. The van der Waals surface area contributed by atoms with E-state index in [1.807, 2.05) is 0 Å². The maximum absolute atomic E-state index is 9.03. The molecule has 0 N–H and O–H groups in total. The Morgan fingerprint density at radius 1 is 1.18 bits per heavy atom. The molecule has 1 aromatic carbocycles. The summed E-state index contributed by atoms with van der Waals surface area (Å²) in [5.74, 6) is 0.243. The third-order valence-corrected chi connectivity index (χ3v) is 3.77. The Labute approximate surface area is 104 Å². The maximum Gasteiger partial charge on any atom is 0.0657 e. The first-order chi connectivity index (χ1) is 8.20. The van der Waals surface area contributed by atoms with Crippen molar-refractivity contribution in [1.82, 2.24) is 4.90 Å². The SMILES string of the molecule is C[C@@H]1CC(C#N)C[C@H](C)N1Cc1ccccc1. The largest absolute Gasteiger partial charge is 0.294 e. The molecule has 2 nitrogen and oxygen atoms in total. The van der Waals surface area contributed by atoms with Gasteiger partial charge in [0, 0.05) is 24.5 Å². The summed E-state index contributed by atoms with van der Waals surface area (Å²) in [5.41, 5.74) is 1.36. The minimum absolute atomic E-state index is 0.243. The van der Waals surface area contributed by atoms with Gasteiger partial charge in [-0.1, -0.05) is 30.3 Å². The zero-order valence-electron chi connectivity index (χ0n) is 10.6. The molecule has 2 rings (SSSR count). The zero-order chi connectivity index (χ0) is 12.3. The smallest absolute Gasteiger partial charge is 0.0657 e. The first-order valence-corrected chi connectivity index (χ1v) is 6.40. The van der Waals surface area contributed by atoms with Crippen LogP contribution < -0.4 is 0 Å². The number of nitrogens with zero attached hydrogens (tertiary/aromatic N) is 2. The molecule has 0 amide bonds. The molecule has 1 unspecified atom stereocenters. The Morgan fingerprint density at radius 3 is 2.29 bits per heavy atom. The molecule has 1 aliphatic heterocycles. The average Bonchev–Trinajstić information content (AvgIpc) is 2.35. The van der Waals surface area contributed by atoms with Gasteiger partial charge in [-0.2, -0.15) is 5.26 Å². The van der Waals surface area contributed by atoms with Crippen molar-refractivity contribution in [2.24, 2.45) is 5.92 Å². The fraction of sp³-hybridized carbons (Fsp3) is 0.533. The highest BCUT2D eigenvalue weighted by Crippen LogP contribution is 2.28. The normalized spacial score (nSPS) is 29.8. The molecule has 0 radical (unpaired) electrons. The van der Waals surface area contributed by atoms with E-state index in [1.165, 1.54) is 5.56 Å². The van der Waals surface area contributed by atoms with Crippen LogP contribution in [0.15, 0.2) is 30.3 Å². The summed E-state index contributed by atoms with van der Waals surface area (Å²) in [6.45, 7) is 5.48. The lowest BCUT2D eigenvalue weighted by atomic mass is 9.88. The molecule has 1 saturated heterocycles. The van der Waals surface area contributed by atoms with Crippen LogP contribution in [0.3, 0.4) is 0 Å². The van der Waals surface area contributed by atoms with Crippen LogP contribution in [0.4, 0.5) is 0 Å². The summed E-state index contributed by atoms with van der Waals surface area (Å²) in [7, 11) is 0. The second-order valence-electron chi connectivity index (χ2n) is 5.15. The summed E-state index contributed by atoms with van der Waals surface area (Å²) >= 11 is 0. The van der Waals surface area contributed by atoms with E-state index in [-0.39, 0.29) is 5.92 Å². The van der Waals surface area contributed by atoms with Gasteiger partial charge < -0.3 is 0 Å². The lowest BCUT2D eigenvalue weighted by Gasteiger charge is -2.40. The molecule has 3 atom stereocenters. The molecule has 1 aliphatic rings. The van der Waals surface area contributed by atoms with E-state index in [4.69, 9.17) is 5.26 Å². The fourth-order valence-corrected chi connectivity index (χ4v) is 2.84. The van der Waals surface area contributed by atoms with Gasteiger partial charge in [-0.3, -0.25) is 4.90 Å². The number of rotatable bonds is 2. The molecular formula is C15H20N2. The predicted molar refractivity (Wildman–Crippen MR) is 69.2 cm³/mol. The molecule has 0 aliphatic carbocycles. The van der Waals surface area contributed by atoms with Gasteiger partial charge in [-0.05, 0) is 32.3 Å². The van der Waals surface area contributed by atoms with Crippen LogP contribution in [0.1, 0.15) is 32.3 Å². The van der Waals surface area contributed by atoms with Gasteiger partial charge in [0.1, 0.15) is 0 Å². The summed E-state index contributed by atoms with van der Waals surface area (Å²) in [4.78, 5) is 2.52. The van der Waals surface area contributed by atoms with Crippen LogP contribution >= 0.6 is 0 Å². The Bertz CT molecular complexity index is 381. The van der Waals surface area contributed by atoms with Crippen molar-refractivity contribution < 1.29 is 0 Å². The maximum atomic E-state index is 9.03. The fourth-order valence-electron chi connectivity index (χ4n) is 2.84. The molecule has 1 heterocycles. The van der Waals surface area contributed by atoms with Crippen LogP contribution in [0.25, 0.3) is 0 Å². The van der Waals surface area contributed by atoms with Crippen LogP contribution in [-0.4, -0.2) is 17.0 Å². The van der Waals surface area contributed by atoms with Gasteiger partial charge in [-0.25, -0.2) is 0 Å². The number of likely N-dealkylation sites (tertiary alicyclic amines) is 1. The van der Waals surface area contributed by atoms with Crippen molar-refractivity contribution in [1.29, 1.82) is 5.26 Å². The van der Waals surface area contributed by atoms with Crippen molar-refractivity contribution in [3.8, 4) is 6.07 Å². The molecule has 2 heteroatoms. The van der Waals surface area contributed by atoms with Crippen LogP contribution in [0.2, 0.25) is 0 Å². The Morgan fingerprint density at radius 2 is 1.76 bits per heavy atom. The standard InChI is InChI=1S/C15H20N2/c1-12-8-15(10-16)9-13(2)17(12)11-14-6-4-3-5-7-14/h3-7,12-13,15H,8-9,11H2,1-2H3/t12-,13+,15?. The topological polar surface area (TPSA) is 27.0 Å². The Balaban J connectivity index is 2.04. The van der Waals surface area contributed by atoms with Crippen molar-refractivity contribution in [2.45, 2.75) is 45.3 Å². The molecule has 0 spiro atoms. The van der Waals surface area contributed by atoms with Gasteiger partial charge in [-0.15, -0.1) is 0 Å². The number of benzene rings is 1. The highest BCUT2D eigenvalue weighted by Gasteiger charge is 2.30. The van der Waals surface area contributed by atoms with E-state index in [0.29, 0.717) is 12.1 Å². The molecule has 0 aromatic heterocycles. The molecule has 17 heavy (non-hydrogen) atoms. The number of hydrogen-bond donors (Lipinski definition) is 0. The summed E-state index contributed by atoms with van der Waals surface area (Å²) < 4.78 is 0. The van der Waals surface area contributed by atoms with Gasteiger partial charge in [0.15, 0.2) is 0 Å². The Hall–Kier alpha value is -1.33. The second-order valence-corrected chi connectivity index (χ2v) is 5.15. The first-order valence-electron chi connectivity index (χ1n) is 6.40. The molecular weight excluding hydrogens is 208 g/mol. The van der Waals surface area contributed by atoms with Crippen LogP contribution in [0, 0.1) is 17.2 Å². The van der Waals surface area contributed by atoms with E-state index in [9.17, 15) is 0 Å². The predicted octanol–water partition coefficient (Wildman–Crippen LogP) is 3.20. The van der Waals surface area contributed by atoms with Crippen molar-refractivity contribution in [2.75, 3.05) is 0 Å². The summed E-state index contributed by atoms with van der Waals surface area (Å²) in [6, 6.07) is 14.0. The van der Waals surface area contributed by atoms with E-state index in [2.05, 4.69) is 55.1 Å². The van der Waals surface area contributed by atoms with Crippen LogP contribution in [-0.2, 0) is 6.54 Å². The van der Waals surface area contributed by atoms with E-state index in [0.717, 1.165) is 19.4 Å². The highest BCUT2D eigenvalue weighted by atomic mass is 15.2. The van der Waals surface area contributed by atoms with Crippen molar-refractivity contribution >= 4 is 0 Å². The van der Waals surface area contributed by atoms with Gasteiger partial charge >= 0.3 is 0 Å². The van der Waals surface area contributed by atoms with Crippen LogP contribution in [0.5, 0.6) is 0 Å². The monoisotopic (exact) mass is 228 g/mol. The third-order valence-electron chi connectivity index (χ3n) is 3.77. The van der Waals surface area contributed by atoms with Gasteiger partial charge in [0.2, 0.25) is 0 Å².